The van der Waals surface area contributed by atoms with Gasteiger partial charge in [0, 0.05) is 0 Å². The van der Waals surface area contributed by atoms with E-state index in [0.717, 1.165) is 0 Å². The fourth-order valence-electron chi connectivity index (χ4n) is 0. The van der Waals surface area contributed by atoms with Gasteiger partial charge in [-0.3, -0.25) is 0 Å². The SMILES string of the molecule is [CH2]=[Ru]([Cl])[Cl].[NH2-]. The molecule has 0 unspecified atom stereocenters. The molecule has 0 radical (unpaired) electrons. The summed E-state index contributed by atoms with van der Waals surface area (Å²) in [6.45, 7) is 0. The molecule has 0 spiro atoms. The van der Waals surface area contributed by atoms with Crippen molar-refractivity contribution in [3.8, 4) is 0 Å². The van der Waals surface area contributed by atoms with Crippen LogP contribution in [-0.4, -0.2) is 5.11 Å². The van der Waals surface area contributed by atoms with E-state index >= 15 is 0 Å². The van der Waals surface area contributed by atoms with Gasteiger partial charge in [-0.05, 0) is 0 Å². The van der Waals surface area contributed by atoms with Crippen LogP contribution in [0.5, 0.6) is 0 Å². The van der Waals surface area contributed by atoms with Crippen molar-refractivity contribution in [3.05, 3.63) is 6.15 Å². The molecule has 0 saturated carbocycles. The minimum atomic E-state index is -1.48. The Hall–Kier alpha value is 1.03. The van der Waals surface area contributed by atoms with Gasteiger partial charge in [-0.1, -0.05) is 0 Å². The standard InChI is InChI=1S/CH2.2ClH.H2N.Ru/h1H2;2*1H;1H2;/q;;;-1;+2/p-2. The molecular formula is CH4Cl2NRu-. The summed E-state index contributed by atoms with van der Waals surface area (Å²) >= 11 is -1.48. The molecule has 0 bridgehead atoms. The maximum atomic E-state index is 5.07. The Morgan fingerprint density at radius 3 is 1.40 bits per heavy atom. The number of nitrogens with two attached hydrogens (primary N) is 1. The normalized spacial score (nSPS) is 8.80. The zero-order chi connectivity index (χ0) is 3.58. The molecule has 4 heteroatoms. The van der Waals surface area contributed by atoms with Crippen molar-refractivity contribution in [1.82, 2.24) is 0 Å². The smallest absolute Gasteiger partial charge is 0.693 e. The summed E-state index contributed by atoms with van der Waals surface area (Å²) in [6, 6.07) is 0. The first-order chi connectivity index (χ1) is 1.73. The van der Waals surface area contributed by atoms with Crippen LogP contribution in [0.25, 0.3) is 6.15 Å². The van der Waals surface area contributed by atoms with Crippen LogP contribution in [0.4, 0.5) is 0 Å². The second kappa shape index (κ2) is 5.03. The van der Waals surface area contributed by atoms with Gasteiger partial charge in [0.05, 0.1) is 0 Å². The van der Waals surface area contributed by atoms with Crippen LogP contribution in [-0.2, 0) is 13.5 Å². The van der Waals surface area contributed by atoms with E-state index in [9.17, 15) is 0 Å². The van der Waals surface area contributed by atoms with Crippen molar-refractivity contribution in [2.24, 2.45) is 0 Å². The molecule has 0 rings (SSSR count). The number of halogens is 2. The summed E-state index contributed by atoms with van der Waals surface area (Å²) in [7, 11) is 10.1. The van der Waals surface area contributed by atoms with Crippen molar-refractivity contribution in [2.45, 2.75) is 0 Å². The van der Waals surface area contributed by atoms with Crippen molar-refractivity contribution in [2.75, 3.05) is 0 Å². The Morgan fingerprint density at radius 1 is 1.40 bits per heavy atom. The molecule has 0 aromatic heterocycles. The van der Waals surface area contributed by atoms with E-state index in [0.29, 0.717) is 0 Å². The summed E-state index contributed by atoms with van der Waals surface area (Å²) in [5.74, 6) is 0. The summed E-state index contributed by atoms with van der Waals surface area (Å²) in [5.41, 5.74) is 0. The number of hydrogen-bond donors (Lipinski definition) is 0. The van der Waals surface area contributed by atoms with Crippen molar-refractivity contribution in [3.63, 3.8) is 0 Å². The van der Waals surface area contributed by atoms with Gasteiger partial charge in [-0.25, -0.2) is 0 Å². The molecule has 0 aliphatic carbocycles. The molecule has 36 valence electrons. The second-order valence-corrected chi connectivity index (χ2v) is 6.04. The Morgan fingerprint density at radius 2 is 1.40 bits per heavy atom. The predicted octanol–water partition coefficient (Wildman–Crippen LogP) is 2.06. The minimum Gasteiger partial charge on any atom is -0.693 e. The Kier molecular flexibility index (Phi) is 9.46. The van der Waals surface area contributed by atoms with Gasteiger partial charge in [-0.2, -0.15) is 0 Å². The monoisotopic (exact) mass is 202 g/mol. The van der Waals surface area contributed by atoms with E-state index in [4.69, 9.17) is 19.4 Å². The predicted molar refractivity (Wildman–Crippen MR) is 24.1 cm³/mol. The van der Waals surface area contributed by atoms with Gasteiger partial charge in [0.1, 0.15) is 0 Å². The zero-order valence-corrected chi connectivity index (χ0v) is 5.64. The largest absolute Gasteiger partial charge is 0.693 e. The molecule has 0 fully saturated rings. The van der Waals surface area contributed by atoms with E-state index < -0.39 is 13.5 Å². The Balaban J connectivity index is 0. The molecular weight excluding hydrogens is 198 g/mol. The van der Waals surface area contributed by atoms with Gasteiger partial charge >= 0.3 is 38.0 Å². The second-order valence-electron chi connectivity index (χ2n) is 0.239. The summed E-state index contributed by atoms with van der Waals surface area (Å²) in [6.07, 6.45) is 0. The average molecular weight is 202 g/mol. The first kappa shape index (κ1) is 9.40. The van der Waals surface area contributed by atoms with E-state index in [1.807, 2.05) is 0 Å². The van der Waals surface area contributed by atoms with E-state index in [-0.39, 0.29) is 6.15 Å². The zero-order valence-electron chi connectivity index (χ0n) is 2.39. The number of hydrogen-bond acceptors (Lipinski definition) is 0. The quantitative estimate of drug-likeness (QED) is 0.538. The topological polar surface area (TPSA) is 33.5 Å². The van der Waals surface area contributed by atoms with E-state index in [1.165, 1.54) is 0 Å². The molecule has 0 aliphatic heterocycles. The molecule has 5 heavy (non-hydrogen) atoms. The maximum absolute atomic E-state index is 5.07. The van der Waals surface area contributed by atoms with Gasteiger partial charge in [0.25, 0.3) is 0 Å². The van der Waals surface area contributed by atoms with Crippen LogP contribution in [0.15, 0.2) is 0 Å². The number of rotatable bonds is 0. The van der Waals surface area contributed by atoms with Gasteiger partial charge in [0.2, 0.25) is 0 Å². The van der Waals surface area contributed by atoms with Gasteiger partial charge in [-0.15, -0.1) is 0 Å². The van der Waals surface area contributed by atoms with Crippen LogP contribution in [0.2, 0.25) is 0 Å². The van der Waals surface area contributed by atoms with E-state index in [1.54, 1.807) is 0 Å². The fourth-order valence-corrected chi connectivity index (χ4v) is 0. The molecule has 0 amide bonds. The molecule has 1 nitrogen and oxygen atoms in total. The Labute approximate surface area is 44.4 Å². The molecule has 0 aromatic carbocycles. The van der Waals surface area contributed by atoms with Crippen LogP contribution in [0, 0.1) is 0 Å². The van der Waals surface area contributed by atoms with Crippen molar-refractivity contribution >= 4 is 24.5 Å². The summed E-state index contributed by atoms with van der Waals surface area (Å²) < 4.78 is 0. The van der Waals surface area contributed by atoms with Crippen LogP contribution in [0.1, 0.15) is 0 Å². The minimum absolute atomic E-state index is 0. The van der Waals surface area contributed by atoms with Crippen LogP contribution < -0.4 is 0 Å². The molecule has 2 N–H and O–H groups in total. The first-order valence-corrected chi connectivity index (χ1v) is 6.22. The third-order valence-electron chi connectivity index (χ3n) is 0. The fraction of sp³-hybridized carbons (Fsp3) is 0. The third-order valence-corrected chi connectivity index (χ3v) is 0. The average Bonchev–Trinajstić information content (AvgIpc) is 0.811. The first-order valence-electron chi connectivity index (χ1n) is 0.517. The maximum Gasteiger partial charge on any atom is -0.693 e. The summed E-state index contributed by atoms with van der Waals surface area (Å²) in [5, 5.41) is 3.31. The van der Waals surface area contributed by atoms with E-state index in [2.05, 4.69) is 5.11 Å². The summed E-state index contributed by atoms with van der Waals surface area (Å²) in [4.78, 5) is 0. The van der Waals surface area contributed by atoms with Gasteiger partial charge < -0.3 is 6.15 Å². The third kappa shape index (κ3) is 43.4. The molecule has 0 saturated heterocycles. The molecule has 0 aliphatic rings. The van der Waals surface area contributed by atoms with Crippen LogP contribution >= 0.6 is 19.4 Å². The molecule has 0 aromatic rings. The van der Waals surface area contributed by atoms with Gasteiger partial charge in [0.15, 0.2) is 0 Å². The molecule has 0 heterocycles. The van der Waals surface area contributed by atoms with Crippen molar-refractivity contribution in [1.29, 1.82) is 0 Å². The van der Waals surface area contributed by atoms with Crippen LogP contribution in [0.3, 0.4) is 0 Å². The Bertz CT molecular complexity index is 32.6. The van der Waals surface area contributed by atoms with Crippen molar-refractivity contribution < 1.29 is 13.5 Å². The molecule has 0 atom stereocenters.